The van der Waals surface area contributed by atoms with Gasteiger partial charge in [0.1, 0.15) is 17.2 Å². The largest absolute Gasteiger partial charge is 0.497 e. The smallest absolute Gasteiger partial charge is 0.148 e. The van der Waals surface area contributed by atoms with Crippen LogP contribution in [-0.4, -0.2) is 29.2 Å². The van der Waals surface area contributed by atoms with Gasteiger partial charge in [0.05, 0.1) is 25.6 Å². The van der Waals surface area contributed by atoms with Crippen LogP contribution >= 0.6 is 0 Å². The average molecular weight is 248 g/mol. The standard InChI is InChI=1S/C12H16N4O2/c1-8-10(7-13)14-15-16(8)11-5-4-9(17-2)6-12(11)18-3/h4-6H,7,13H2,1-3H3. The van der Waals surface area contributed by atoms with Crippen molar-refractivity contribution in [1.82, 2.24) is 15.0 Å². The highest BCUT2D eigenvalue weighted by Gasteiger charge is 2.13. The average Bonchev–Trinajstić information content (AvgIpc) is 2.78. The topological polar surface area (TPSA) is 75.2 Å². The summed E-state index contributed by atoms with van der Waals surface area (Å²) in [6, 6.07) is 5.53. The molecule has 2 N–H and O–H groups in total. The van der Waals surface area contributed by atoms with Crippen molar-refractivity contribution in [1.29, 1.82) is 0 Å². The van der Waals surface area contributed by atoms with Crippen LogP contribution in [0.25, 0.3) is 5.69 Å². The van der Waals surface area contributed by atoms with Crippen LogP contribution in [-0.2, 0) is 6.54 Å². The zero-order valence-electron chi connectivity index (χ0n) is 10.7. The van der Waals surface area contributed by atoms with Gasteiger partial charge in [-0.3, -0.25) is 0 Å². The van der Waals surface area contributed by atoms with Crippen molar-refractivity contribution >= 4 is 0 Å². The molecule has 18 heavy (non-hydrogen) atoms. The fourth-order valence-corrected chi connectivity index (χ4v) is 1.74. The minimum atomic E-state index is 0.365. The van der Waals surface area contributed by atoms with Crippen LogP contribution in [0, 0.1) is 6.92 Å². The normalized spacial score (nSPS) is 10.4. The van der Waals surface area contributed by atoms with Gasteiger partial charge in [-0.25, -0.2) is 4.68 Å². The third-order valence-electron chi connectivity index (χ3n) is 2.80. The first kappa shape index (κ1) is 12.4. The van der Waals surface area contributed by atoms with Crippen molar-refractivity contribution in [3.63, 3.8) is 0 Å². The van der Waals surface area contributed by atoms with Crippen molar-refractivity contribution in [3.8, 4) is 17.2 Å². The second-order valence-electron chi connectivity index (χ2n) is 3.78. The number of aromatic nitrogens is 3. The van der Waals surface area contributed by atoms with E-state index in [1.54, 1.807) is 25.0 Å². The lowest BCUT2D eigenvalue weighted by molar-refractivity contribution is 0.392. The second kappa shape index (κ2) is 5.05. The van der Waals surface area contributed by atoms with Crippen LogP contribution < -0.4 is 15.2 Å². The molecule has 2 rings (SSSR count). The molecule has 0 amide bonds. The first-order valence-corrected chi connectivity index (χ1v) is 5.55. The van der Waals surface area contributed by atoms with Crippen LogP contribution in [0.5, 0.6) is 11.5 Å². The highest BCUT2D eigenvalue weighted by molar-refractivity contribution is 5.51. The van der Waals surface area contributed by atoms with Crippen molar-refractivity contribution < 1.29 is 9.47 Å². The van der Waals surface area contributed by atoms with E-state index in [4.69, 9.17) is 15.2 Å². The summed E-state index contributed by atoms with van der Waals surface area (Å²) in [5.74, 6) is 1.40. The van der Waals surface area contributed by atoms with Crippen LogP contribution in [0.4, 0.5) is 0 Å². The van der Waals surface area contributed by atoms with Gasteiger partial charge in [-0.05, 0) is 19.1 Å². The minimum absolute atomic E-state index is 0.365. The molecule has 0 aliphatic rings. The molecule has 2 aromatic rings. The van der Waals surface area contributed by atoms with Crippen molar-refractivity contribution in [2.75, 3.05) is 14.2 Å². The maximum atomic E-state index is 5.59. The quantitative estimate of drug-likeness (QED) is 0.875. The monoisotopic (exact) mass is 248 g/mol. The summed E-state index contributed by atoms with van der Waals surface area (Å²) in [4.78, 5) is 0. The summed E-state index contributed by atoms with van der Waals surface area (Å²) in [5.41, 5.74) is 8.07. The number of nitrogens with zero attached hydrogens (tertiary/aromatic N) is 3. The SMILES string of the molecule is COc1ccc(-n2nnc(CN)c2C)c(OC)c1. The molecule has 0 spiro atoms. The molecule has 0 aliphatic heterocycles. The number of hydrogen-bond donors (Lipinski definition) is 1. The molecule has 0 aliphatic carbocycles. The third-order valence-corrected chi connectivity index (χ3v) is 2.80. The lowest BCUT2D eigenvalue weighted by atomic mass is 10.2. The molecule has 0 fully saturated rings. The second-order valence-corrected chi connectivity index (χ2v) is 3.78. The van der Waals surface area contributed by atoms with Gasteiger partial charge in [-0.15, -0.1) is 5.10 Å². The van der Waals surface area contributed by atoms with Gasteiger partial charge >= 0.3 is 0 Å². The van der Waals surface area contributed by atoms with Crippen molar-refractivity contribution in [2.45, 2.75) is 13.5 Å². The van der Waals surface area contributed by atoms with Crippen LogP contribution in [0.2, 0.25) is 0 Å². The molecule has 0 atom stereocenters. The Morgan fingerprint density at radius 1 is 1.28 bits per heavy atom. The number of methoxy groups -OCH3 is 2. The Morgan fingerprint density at radius 3 is 2.61 bits per heavy atom. The Morgan fingerprint density at radius 2 is 2.06 bits per heavy atom. The number of benzene rings is 1. The number of nitrogens with two attached hydrogens (primary N) is 1. The molecule has 0 unspecified atom stereocenters. The van der Waals surface area contributed by atoms with Crippen LogP contribution in [0.3, 0.4) is 0 Å². The van der Waals surface area contributed by atoms with E-state index >= 15 is 0 Å². The molecule has 1 heterocycles. The first-order valence-electron chi connectivity index (χ1n) is 5.55. The molecule has 0 saturated heterocycles. The zero-order chi connectivity index (χ0) is 13.1. The number of rotatable bonds is 4. The van der Waals surface area contributed by atoms with Gasteiger partial charge in [-0.2, -0.15) is 0 Å². The minimum Gasteiger partial charge on any atom is -0.497 e. The Bertz CT molecular complexity index is 551. The molecule has 6 heteroatoms. The predicted octanol–water partition coefficient (Wildman–Crippen LogP) is 1.05. The summed E-state index contributed by atoms with van der Waals surface area (Å²) in [6.07, 6.45) is 0. The summed E-state index contributed by atoms with van der Waals surface area (Å²) >= 11 is 0. The Balaban J connectivity index is 2.52. The maximum absolute atomic E-state index is 5.59. The first-order chi connectivity index (χ1) is 8.71. The van der Waals surface area contributed by atoms with E-state index in [9.17, 15) is 0 Å². The molecule has 96 valence electrons. The molecule has 1 aromatic carbocycles. The lowest BCUT2D eigenvalue weighted by Crippen LogP contribution is -2.04. The maximum Gasteiger partial charge on any atom is 0.148 e. The molecular formula is C12H16N4O2. The summed E-state index contributed by atoms with van der Waals surface area (Å²) in [7, 11) is 3.22. The molecule has 0 saturated carbocycles. The summed E-state index contributed by atoms with van der Waals surface area (Å²) in [5, 5.41) is 8.12. The molecular weight excluding hydrogens is 232 g/mol. The van der Waals surface area contributed by atoms with Crippen LogP contribution in [0.15, 0.2) is 18.2 Å². The predicted molar refractivity (Wildman–Crippen MR) is 67.1 cm³/mol. The Hall–Kier alpha value is -2.08. The highest BCUT2D eigenvalue weighted by Crippen LogP contribution is 2.28. The highest BCUT2D eigenvalue weighted by atomic mass is 16.5. The van der Waals surface area contributed by atoms with E-state index in [0.29, 0.717) is 12.3 Å². The number of hydrogen-bond acceptors (Lipinski definition) is 5. The van der Waals surface area contributed by atoms with Crippen LogP contribution in [0.1, 0.15) is 11.4 Å². The molecule has 0 radical (unpaired) electrons. The fraction of sp³-hybridized carbons (Fsp3) is 0.333. The van der Waals surface area contributed by atoms with E-state index in [1.807, 2.05) is 19.1 Å². The summed E-state index contributed by atoms with van der Waals surface area (Å²) in [6.45, 7) is 2.29. The Labute approximate surface area is 105 Å². The van der Waals surface area contributed by atoms with E-state index in [0.717, 1.165) is 22.8 Å². The van der Waals surface area contributed by atoms with Gasteiger partial charge in [0.15, 0.2) is 0 Å². The van der Waals surface area contributed by atoms with Gasteiger partial charge in [0, 0.05) is 12.6 Å². The molecule has 0 bridgehead atoms. The molecule has 6 nitrogen and oxygen atoms in total. The van der Waals surface area contributed by atoms with Gasteiger partial charge in [0.25, 0.3) is 0 Å². The van der Waals surface area contributed by atoms with Crippen molar-refractivity contribution in [2.24, 2.45) is 5.73 Å². The van der Waals surface area contributed by atoms with Gasteiger partial charge in [0.2, 0.25) is 0 Å². The fourth-order valence-electron chi connectivity index (χ4n) is 1.74. The van der Waals surface area contributed by atoms with Crippen molar-refractivity contribution in [3.05, 3.63) is 29.6 Å². The number of ether oxygens (including phenoxy) is 2. The third kappa shape index (κ3) is 2.02. The zero-order valence-corrected chi connectivity index (χ0v) is 10.7. The van der Waals surface area contributed by atoms with E-state index in [1.165, 1.54) is 0 Å². The Kier molecular flexibility index (Phi) is 3.47. The summed E-state index contributed by atoms with van der Waals surface area (Å²) < 4.78 is 12.2. The van der Waals surface area contributed by atoms with E-state index < -0.39 is 0 Å². The van der Waals surface area contributed by atoms with Gasteiger partial charge in [-0.1, -0.05) is 5.21 Å². The molecule has 1 aromatic heterocycles. The lowest BCUT2D eigenvalue weighted by Gasteiger charge is -2.11. The van der Waals surface area contributed by atoms with E-state index in [-0.39, 0.29) is 0 Å². The van der Waals surface area contributed by atoms with Gasteiger partial charge < -0.3 is 15.2 Å². The van der Waals surface area contributed by atoms with E-state index in [2.05, 4.69) is 10.3 Å².